The van der Waals surface area contributed by atoms with Crippen molar-refractivity contribution in [1.82, 2.24) is 24.5 Å². The summed E-state index contributed by atoms with van der Waals surface area (Å²) in [6.07, 6.45) is 6.04. The number of benzene rings is 1. The fraction of sp³-hybridized carbons (Fsp3) is 0.545. The molecule has 308 valence electrons. The lowest BCUT2D eigenvalue weighted by Crippen LogP contribution is -2.40. The number of amides is 1. The number of rotatable bonds is 17. The van der Waals surface area contributed by atoms with Gasteiger partial charge in [-0.15, -0.1) is 0 Å². The summed E-state index contributed by atoms with van der Waals surface area (Å²) < 4.78 is 27.2. The highest BCUT2D eigenvalue weighted by Crippen LogP contribution is 2.50. The number of fused-ring (bicyclic) bond motifs is 3. The van der Waals surface area contributed by atoms with E-state index in [0.29, 0.717) is 31.2 Å². The molecule has 2 saturated heterocycles. The maximum atomic E-state index is 13.8. The fourth-order valence-electron chi connectivity index (χ4n) is 7.75. The SMILES string of the molecule is C=C(OCC)c1c(C2CC3CCC2N3C(=O)OC(C)(C)C)nc2c(-c3ccc(-c4ccccc4)nc3)cnn2c1N(COCC[Si](C)(C)C)COCC[Si](C)(C)C. The monoisotopic (exact) mass is 812 g/mol. The molecule has 0 aliphatic carbocycles. The van der Waals surface area contributed by atoms with Crippen LogP contribution in [0.1, 0.15) is 64.1 Å². The maximum absolute atomic E-state index is 13.8. The first-order valence-corrected chi connectivity index (χ1v) is 28.0. The van der Waals surface area contributed by atoms with Gasteiger partial charge in [-0.1, -0.05) is 82.3 Å². The molecule has 13 heteroatoms. The molecule has 3 atom stereocenters. The van der Waals surface area contributed by atoms with Gasteiger partial charge >= 0.3 is 6.09 Å². The fourth-order valence-corrected chi connectivity index (χ4v) is 9.27. The molecule has 1 amide bonds. The second-order valence-electron chi connectivity index (χ2n) is 18.9. The van der Waals surface area contributed by atoms with Crippen molar-refractivity contribution < 1.29 is 23.7 Å². The van der Waals surface area contributed by atoms with Gasteiger partial charge in [0.25, 0.3) is 0 Å². The Hall–Kier alpha value is -4.05. The molecular formula is C44H64N6O5Si2. The topological polar surface area (TPSA) is 104 Å². The molecule has 11 nitrogen and oxygen atoms in total. The van der Waals surface area contributed by atoms with Crippen LogP contribution in [-0.4, -0.2) is 97.7 Å². The van der Waals surface area contributed by atoms with Crippen molar-refractivity contribution in [3.05, 3.63) is 72.7 Å². The van der Waals surface area contributed by atoms with Gasteiger partial charge in [0.05, 0.1) is 29.8 Å². The van der Waals surface area contributed by atoms with Crippen molar-refractivity contribution in [2.24, 2.45) is 0 Å². The van der Waals surface area contributed by atoms with Gasteiger partial charge < -0.3 is 28.7 Å². The molecule has 2 bridgehead atoms. The summed E-state index contributed by atoms with van der Waals surface area (Å²) in [4.78, 5) is 28.2. The van der Waals surface area contributed by atoms with E-state index in [2.05, 4.69) is 69.0 Å². The van der Waals surface area contributed by atoms with Gasteiger partial charge in [0, 0.05) is 70.3 Å². The van der Waals surface area contributed by atoms with E-state index in [-0.39, 0.29) is 37.6 Å². The first-order valence-electron chi connectivity index (χ1n) is 20.6. The molecule has 5 heterocycles. The van der Waals surface area contributed by atoms with Crippen LogP contribution >= 0.6 is 0 Å². The number of nitrogens with zero attached hydrogens (tertiary/aromatic N) is 6. The van der Waals surface area contributed by atoms with Gasteiger partial charge in [-0.2, -0.15) is 9.61 Å². The highest BCUT2D eigenvalue weighted by atomic mass is 28.3. The predicted octanol–water partition coefficient (Wildman–Crippen LogP) is 10.2. The number of carbonyl (C=O) groups excluding carboxylic acids is 1. The summed E-state index contributed by atoms with van der Waals surface area (Å²) in [6, 6.07) is 16.3. The van der Waals surface area contributed by atoms with E-state index in [1.165, 1.54) is 0 Å². The minimum absolute atomic E-state index is 0.0505. The van der Waals surface area contributed by atoms with Gasteiger partial charge in [-0.05, 0) is 65.1 Å². The molecule has 0 radical (unpaired) electrons. The molecule has 1 aromatic carbocycles. The Kier molecular flexibility index (Phi) is 13.0. The van der Waals surface area contributed by atoms with E-state index in [0.717, 1.165) is 70.8 Å². The Labute approximate surface area is 341 Å². The zero-order valence-corrected chi connectivity index (χ0v) is 37.9. The van der Waals surface area contributed by atoms with Crippen LogP contribution in [0, 0.1) is 0 Å². The number of anilines is 1. The largest absolute Gasteiger partial charge is 0.494 e. The molecule has 0 spiro atoms. The highest BCUT2D eigenvalue weighted by molar-refractivity contribution is 6.76. The minimum Gasteiger partial charge on any atom is -0.494 e. The Morgan fingerprint density at radius 1 is 0.912 bits per heavy atom. The molecule has 2 aliphatic heterocycles. The van der Waals surface area contributed by atoms with Crippen LogP contribution in [-0.2, 0) is 18.9 Å². The van der Waals surface area contributed by atoms with Crippen LogP contribution in [0.15, 0.2) is 61.4 Å². The third kappa shape index (κ3) is 10.3. The van der Waals surface area contributed by atoms with Crippen molar-refractivity contribution >= 4 is 39.5 Å². The third-order valence-corrected chi connectivity index (χ3v) is 14.1. The number of carbonyl (C=O) groups is 1. The van der Waals surface area contributed by atoms with Crippen LogP contribution in [0.25, 0.3) is 33.8 Å². The molecule has 0 saturated carbocycles. The number of hydrogen-bond acceptors (Lipinski definition) is 9. The van der Waals surface area contributed by atoms with Crippen LogP contribution in [0.2, 0.25) is 51.4 Å². The summed E-state index contributed by atoms with van der Waals surface area (Å²) in [5.41, 5.74) is 5.38. The van der Waals surface area contributed by atoms with E-state index in [4.69, 9.17) is 34.0 Å². The van der Waals surface area contributed by atoms with Gasteiger partial charge in [0.2, 0.25) is 0 Å². The average Bonchev–Trinajstić information content (AvgIpc) is 3.86. The van der Waals surface area contributed by atoms with E-state index in [9.17, 15) is 4.79 Å². The van der Waals surface area contributed by atoms with E-state index in [1.807, 2.05) is 73.8 Å². The molecule has 0 N–H and O–H groups in total. The quantitative estimate of drug-likeness (QED) is 0.0446. The van der Waals surface area contributed by atoms with Crippen molar-refractivity contribution in [2.75, 3.05) is 38.2 Å². The maximum Gasteiger partial charge on any atom is 0.410 e. The predicted molar refractivity (Wildman–Crippen MR) is 235 cm³/mol. The van der Waals surface area contributed by atoms with Gasteiger partial charge in [-0.25, -0.2) is 9.78 Å². The minimum atomic E-state index is -1.35. The molecule has 6 rings (SSSR count). The third-order valence-electron chi connectivity index (χ3n) is 10.7. The van der Waals surface area contributed by atoms with Crippen molar-refractivity contribution in [3.8, 4) is 22.4 Å². The summed E-state index contributed by atoms with van der Waals surface area (Å²) in [5, 5.41) is 5.04. The van der Waals surface area contributed by atoms with Gasteiger partial charge in [0.15, 0.2) is 5.65 Å². The van der Waals surface area contributed by atoms with E-state index in [1.54, 1.807) is 0 Å². The summed E-state index contributed by atoms with van der Waals surface area (Å²) in [5.74, 6) is 1.17. The van der Waals surface area contributed by atoms with Crippen LogP contribution in [0.4, 0.5) is 10.6 Å². The van der Waals surface area contributed by atoms with Gasteiger partial charge in [0.1, 0.15) is 30.6 Å². The van der Waals surface area contributed by atoms with Crippen LogP contribution in [0.3, 0.4) is 0 Å². The molecule has 3 unspecified atom stereocenters. The molecular weight excluding hydrogens is 749 g/mol. The Morgan fingerprint density at radius 2 is 1.58 bits per heavy atom. The summed E-state index contributed by atoms with van der Waals surface area (Å²) in [6.45, 7) is 28.7. The molecule has 57 heavy (non-hydrogen) atoms. The van der Waals surface area contributed by atoms with Crippen molar-refractivity contribution in [3.63, 3.8) is 0 Å². The lowest BCUT2D eigenvalue weighted by molar-refractivity contribution is 0.0212. The lowest BCUT2D eigenvalue weighted by Gasteiger charge is -2.32. The Bertz CT molecular complexity index is 1980. The molecule has 2 fully saturated rings. The van der Waals surface area contributed by atoms with E-state index >= 15 is 0 Å². The Morgan fingerprint density at radius 3 is 2.16 bits per heavy atom. The lowest BCUT2D eigenvalue weighted by atomic mass is 9.84. The standard InChI is InChI=1S/C44H64N6O5Si2/c1-12-54-31(2)39-40(35-26-34-19-21-38(35)49(34)43(51)55-44(3,4)5)47-41-36(33-18-20-37(45-27-33)32-16-14-13-15-17-32)28-46-50(41)42(39)48(29-52-22-24-56(6,7)8)30-53-23-25-57(9,10)11/h13-18,20,27-28,34-35,38H,2,12,19,21-26,29-30H2,1,3-11H3. The Balaban J connectivity index is 1.51. The van der Waals surface area contributed by atoms with E-state index < -0.39 is 21.7 Å². The molecule has 2 aliphatic rings. The number of aromatic nitrogens is 4. The number of hydrogen-bond donors (Lipinski definition) is 0. The first-order chi connectivity index (χ1) is 26.9. The van der Waals surface area contributed by atoms with Crippen LogP contribution in [0.5, 0.6) is 0 Å². The van der Waals surface area contributed by atoms with Gasteiger partial charge in [-0.3, -0.25) is 4.98 Å². The molecule has 3 aromatic heterocycles. The molecule has 4 aromatic rings. The normalized spacial score (nSPS) is 18.4. The van der Waals surface area contributed by atoms with Crippen molar-refractivity contribution in [2.45, 2.75) is 122 Å². The first kappa shape index (κ1) is 42.6. The number of pyridine rings is 1. The second kappa shape index (κ2) is 17.4. The summed E-state index contributed by atoms with van der Waals surface area (Å²) >= 11 is 0. The van der Waals surface area contributed by atoms with Crippen molar-refractivity contribution in [1.29, 1.82) is 0 Å². The van der Waals surface area contributed by atoms with Crippen LogP contribution < -0.4 is 4.90 Å². The smallest absolute Gasteiger partial charge is 0.410 e. The second-order valence-corrected chi connectivity index (χ2v) is 30.2. The average molecular weight is 813 g/mol. The highest BCUT2D eigenvalue weighted by Gasteiger charge is 2.52. The number of ether oxygens (including phenoxy) is 4. The summed E-state index contributed by atoms with van der Waals surface area (Å²) in [7, 11) is -2.70. The zero-order valence-electron chi connectivity index (χ0n) is 35.9. The zero-order chi connectivity index (χ0) is 41.1.